The summed E-state index contributed by atoms with van der Waals surface area (Å²) in [7, 11) is 0. The normalized spacial score (nSPS) is 16.5. The van der Waals surface area contributed by atoms with Gasteiger partial charge in [0.2, 0.25) is 0 Å². The van der Waals surface area contributed by atoms with Gasteiger partial charge < -0.3 is 19.7 Å². The number of carbonyl (C=O) groups excluding carboxylic acids is 3. The Labute approximate surface area is 164 Å². The maximum Gasteiger partial charge on any atom is 0.410 e. The Hall–Kier alpha value is -2.09. The number of rotatable bonds is 5. The molecule has 1 N–H and O–H groups in total. The summed E-state index contributed by atoms with van der Waals surface area (Å²) in [6, 6.07) is 3.75. The van der Waals surface area contributed by atoms with Crippen molar-refractivity contribution in [1.82, 2.24) is 10.2 Å². The van der Waals surface area contributed by atoms with Gasteiger partial charge in [-0.15, -0.1) is 11.3 Å². The van der Waals surface area contributed by atoms with Crippen LogP contribution >= 0.6 is 11.3 Å². The average Bonchev–Trinajstić information content (AvgIpc) is 3.13. The van der Waals surface area contributed by atoms with E-state index in [9.17, 15) is 14.4 Å². The molecule has 1 aliphatic rings. The molecule has 0 aromatic carbocycles. The smallest absolute Gasteiger partial charge is 0.410 e. The summed E-state index contributed by atoms with van der Waals surface area (Å²) in [5.74, 6) is -1.01. The molecule has 0 radical (unpaired) electrons. The van der Waals surface area contributed by atoms with Crippen LogP contribution in [-0.4, -0.2) is 48.2 Å². The first-order valence-corrected chi connectivity index (χ1v) is 10.0. The molecule has 0 aliphatic carbocycles. The van der Waals surface area contributed by atoms with E-state index in [0.29, 0.717) is 25.9 Å². The number of nitrogens with zero attached hydrogens (tertiary/aromatic N) is 1. The number of carbonyl (C=O) groups is 3. The SMILES string of the molecule is C[C@@H](NC(=O)COC(=O)C1CCN(C(=O)OC(C)(C)C)CC1)c1cccs1. The molecular formula is C19H28N2O5S. The van der Waals surface area contributed by atoms with Crippen LogP contribution in [0.15, 0.2) is 17.5 Å². The number of ether oxygens (including phenoxy) is 2. The summed E-state index contributed by atoms with van der Waals surface area (Å²) in [6.45, 7) is 7.93. The second kappa shape index (κ2) is 9.21. The second-order valence-corrected chi connectivity index (χ2v) is 8.63. The highest BCUT2D eigenvalue weighted by Gasteiger charge is 2.31. The maximum atomic E-state index is 12.2. The molecule has 1 aromatic rings. The fourth-order valence-electron chi connectivity index (χ4n) is 2.77. The minimum absolute atomic E-state index is 0.117. The topological polar surface area (TPSA) is 84.9 Å². The van der Waals surface area contributed by atoms with Crippen LogP contribution in [0, 0.1) is 5.92 Å². The van der Waals surface area contributed by atoms with Crippen molar-refractivity contribution in [3.8, 4) is 0 Å². The summed E-state index contributed by atoms with van der Waals surface area (Å²) in [4.78, 5) is 38.8. The number of hydrogen-bond acceptors (Lipinski definition) is 6. The number of hydrogen-bond donors (Lipinski definition) is 1. The molecule has 8 heteroatoms. The van der Waals surface area contributed by atoms with Gasteiger partial charge >= 0.3 is 12.1 Å². The lowest BCUT2D eigenvalue weighted by molar-refractivity contribution is -0.154. The van der Waals surface area contributed by atoms with Crippen LogP contribution in [0.3, 0.4) is 0 Å². The van der Waals surface area contributed by atoms with Gasteiger partial charge in [-0.1, -0.05) is 6.07 Å². The number of esters is 1. The van der Waals surface area contributed by atoms with E-state index in [4.69, 9.17) is 9.47 Å². The Bertz CT molecular complexity index is 646. The number of amides is 2. The molecule has 1 aliphatic heterocycles. The van der Waals surface area contributed by atoms with Crippen molar-refractivity contribution >= 4 is 29.3 Å². The Morgan fingerprint density at radius 1 is 1.30 bits per heavy atom. The van der Waals surface area contributed by atoms with E-state index in [1.54, 1.807) is 16.2 Å². The molecule has 2 heterocycles. The maximum absolute atomic E-state index is 12.2. The second-order valence-electron chi connectivity index (χ2n) is 7.65. The lowest BCUT2D eigenvalue weighted by Gasteiger charge is -2.32. The molecular weight excluding hydrogens is 368 g/mol. The Morgan fingerprint density at radius 3 is 2.52 bits per heavy atom. The van der Waals surface area contributed by atoms with Gasteiger partial charge in [0.25, 0.3) is 5.91 Å². The number of likely N-dealkylation sites (tertiary alicyclic amines) is 1. The molecule has 2 amide bonds. The van der Waals surface area contributed by atoms with E-state index in [2.05, 4.69) is 5.32 Å². The van der Waals surface area contributed by atoms with Crippen LogP contribution in [0.1, 0.15) is 51.5 Å². The molecule has 1 aromatic heterocycles. The first-order valence-electron chi connectivity index (χ1n) is 9.13. The van der Waals surface area contributed by atoms with E-state index in [1.165, 1.54) is 0 Å². The first-order chi connectivity index (χ1) is 12.7. The van der Waals surface area contributed by atoms with Gasteiger partial charge in [0.05, 0.1) is 12.0 Å². The highest BCUT2D eigenvalue weighted by Crippen LogP contribution is 2.21. The number of piperidine rings is 1. The highest BCUT2D eigenvalue weighted by molar-refractivity contribution is 7.10. The zero-order valence-electron chi connectivity index (χ0n) is 16.3. The van der Waals surface area contributed by atoms with Crippen LogP contribution in [0.5, 0.6) is 0 Å². The van der Waals surface area contributed by atoms with Gasteiger partial charge in [0.15, 0.2) is 6.61 Å². The van der Waals surface area contributed by atoms with Gasteiger partial charge in [-0.2, -0.15) is 0 Å². The van der Waals surface area contributed by atoms with Gasteiger partial charge in [-0.3, -0.25) is 9.59 Å². The highest BCUT2D eigenvalue weighted by atomic mass is 32.1. The molecule has 1 fully saturated rings. The minimum atomic E-state index is -0.541. The number of thiophene rings is 1. The molecule has 0 spiro atoms. The van der Waals surface area contributed by atoms with Crippen molar-refractivity contribution in [2.45, 2.75) is 52.2 Å². The summed E-state index contributed by atoms with van der Waals surface area (Å²) in [5.41, 5.74) is -0.541. The summed E-state index contributed by atoms with van der Waals surface area (Å²) in [6.07, 6.45) is 0.646. The third kappa shape index (κ3) is 6.86. The monoisotopic (exact) mass is 396 g/mol. The molecule has 2 rings (SSSR count). The zero-order valence-corrected chi connectivity index (χ0v) is 17.1. The van der Waals surface area contributed by atoms with Crippen molar-refractivity contribution in [2.24, 2.45) is 5.92 Å². The molecule has 1 atom stereocenters. The first kappa shape index (κ1) is 21.2. The van der Waals surface area contributed by atoms with Crippen LogP contribution in [0.4, 0.5) is 4.79 Å². The Kier molecular flexibility index (Phi) is 7.24. The molecule has 0 saturated carbocycles. The van der Waals surface area contributed by atoms with E-state index >= 15 is 0 Å². The van der Waals surface area contributed by atoms with Gasteiger partial charge in [-0.25, -0.2) is 4.79 Å². The van der Waals surface area contributed by atoms with Crippen LogP contribution < -0.4 is 5.32 Å². The van der Waals surface area contributed by atoms with Gasteiger partial charge in [-0.05, 0) is 52.0 Å². The predicted molar refractivity (Wildman–Crippen MR) is 102 cm³/mol. The van der Waals surface area contributed by atoms with Crippen LogP contribution in [0.2, 0.25) is 0 Å². The van der Waals surface area contributed by atoms with Gasteiger partial charge in [0, 0.05) is 18.0 Å². The Balaban J connectivity index is 1.70. The molecule has 0 bridgehead atoms. The van der Waals surface area contributed by atoms with E-state index in [1.807, 2.05) is 45.2 Å². The summed E-state index contributed by atoms with van der Waals surface area (Å²) < 4.78 is 10.5. The quantitative estimate of drug-likeness (QED) is 0.773. The lowest BCUT2D eigenvalue weighted by atomic mass is 9.97. The van der Waals surface area contributed by atoms with Crippen molar-refractivity contribution in [3.63, 3.8) is 0 Å². The largest absolute Gasteiger partial charge is 0.455 e. The standard InChI is InChI=1S/C19H28N2O5S/c1-13(15-6-5-11-27-15)20-16(22)12-25-17(23)14-7-9-21(10-8-14)18(24)26-19(2,3)4/h5-6,11,13-14H,7-10,12H2,1-4H3,(H,20,22)/t13-/m1/s1. The van der Waals surface area contributed by atoms with Crippen LogP contribution in [0.25, 0.3) is 0 Å². The van der Waals surface area contributed by atoms with E-state index < -0.39 is 11.6 Å². The summed E-state index contributed by atoms with van der Waals surface area (Å²) >= 11 is 1.56. The predicted octanol–water partition coefficient (Wildman–Crippen LogP) is 3.12. The molecule has 7 nitrogen and oxygen atoms in total. The minimum Gasteiger partial charge on any atom is -0.455 e. The van der Waals surface area contributed by atoms with E-state index in [0.717, 1.165) is 4.88 Å². The fourth-order valence-corrected chi connectivity index (χ4v) is 3.51. The van der Waals surface area contributed by atoms with Crippen molar-refractivity contribution < 1.29 is 23.9 Å². The molecule has 0 unspecified atom stereocenters. The van der Waals surface area contributed by atoms with Crippen molar-refractivity contribution in [2.75, 3.05) is 19.7 Å². The van der Waals surface area contributed by atoms with Crippen molar-refractivity contribution in [1.29, 1.82) is 0 Å². The lowest BCUT2D eigenvalue weighted by Crippen LogP contribution is -2.43. The number of nitrogens with one attached hydrogen (secondary N) is 1. The van der Waals surface area contributed by atoms with Crippen LogP contribution in [-0.2, 0) is 19.1 Å². The molecule has 1 saturated heterocycles. The van der Waals surface area contributed by atoms with Gasteiger partial charge in [0.1, 0.15) is 5.60 Å². The van der Waals surface area contributed by atoms with Crippen molar-refractivity contribution in [3.05, 3.63) is 22.4 Å². The third-order valence-electron chi connectivity index (χ3n) is 4.17. The average molecular weight is 397 g/mol. The third-order valence-corrected chi connectivity index (χ3v) is 5.23. The fraction of sp³-hybridized carbons (Fsp3) is 0.632. The van der Waals surface area contributed by atoms with E-state index in [-0.39, 0.29) is 30.6 Å². The zero-order chi connectivity index (χ0) is 20.0. The Morgan fingerprint density at radius 2 is 1.96 bits per heavy atom. The molecule has 150 valence electrons. The summed E-state index contributed by atoms with van der Waals surface area (Å²) in [5, 5.41) is 4.76. The molecule has 27 heavy (non-hydrogen) atoms.